The number of hydrogen-bond donors (Lipinski definition) is 2. The maximum Gasteiger partial charge on any atom is 0.255 e. The second kappa shape index (κ2) is 9.44. The number of amides is 1. The second-order valence-electron chi connectivity index (χ2n) is 7.96. The van der Waals surface area contributed by atoms with E-state index in [-0.39, 0.29) is 5.91 Å². The molecule has 1 aromatic heterocycles. The van der Waals surface area contributed by atoms with Crippen LogP contribution in [0.15, 0.2) is 84.1 Å². The lowest BCUT2D eigenvalue weighted by Gasteiger charge is -2.29. The fraction of sp³-hybridized carbons (Fsp3) is 0.115. The Morgan fingerprint density at radius 2 is 1.77 bits per heavy atom. The number of methoxy groups -OCH3 is 1. The molecule has 5 rings (SSSR count). The van der Waals surface area contributed by atoms with E-state index in [1.54, 1.807) is 30.0 Å². The summed E-state index contributed by atoms with van der Waals surface area (Å²) < 4.78 is 7.34. The third-order valence-electron chi connectivity index (χ3n) is 5.74. The number of rotatable bonds is 5. The molecule has 1 amide bonds. The SMILES string of the molecule is COc1ccccc1C1C(C(=O)Nc2ccccc2)=C(C)Nc2nc(-c3ccc(Cl)c(Cl)c3)nn21. The Morgan fingerprint density at radius 3 is 2.51 bits per heavy atom. The zero-order chi connectivity index (χ0) is 24.5. The molecule has 0 spiro atoms. The Morgan fingerprint density at radius 1 is 1.03 bits per heavy atom. The van der Waals surface area contributed by atoms with Gasteiger partial charge in [-0.15, -0.1) is 5.10 Å². The molecule has 0 aliphatic carbocycles. The van der Waals surface area contributed by atoms with Crippen molar-refractivity contribution in [2.45, 2.75) is 13.0 Å². The molecule has 7 nitrogen and oxygen atoms in total. The van der Waals surface area contributed by atoms with Crippen molar-refractivity contribution in [3.8, 4) is 17.1 Å². The van der Waals surface area contributed by atoms with E-state index in [1.165, 1.54) is 0 Å². The number of para-hydroxylation sites is 2. The summed E-state index contributed by atoms with van der Waals surface area (Å²) in [5.41, 5.74) is 3.33. The van der Waals surface area contributed by atoms with Gasteiger partial charge in [-0.1, -0.05) is 59.6 Å². The molecule has 9 heteroatoms. The summed E-state index contributed by atoms with van der Waals surface area (Å²) >= 11 is 12.3. The molecule has 35 heavy (non-hydrogen) atoms. The highest BCUT2D eigenvalue weighted by molar-refractivity contribution is 6.42. The largest absolute Gasteiger partial charge is 0.496 e. The van der Waals surface area contributed by atoms with Gasteiger partial charge in [0, 0.05) is 22.5 Å². The van der Waals surface area contributed by atoms with Gasteiger partial charge in [0.15, 0.2) is 5.82 Å². The van der Waals surface area contributed by atoms with Crippen LogP contribution in [0.2, 0.25) is 10.0 Å². The summed E-state index contributed by atoms with van der Waals surface area (Å²) in [6.07, 6.45) is 0. The van der Waals surface area contributed by atoms with Gasteiger partial charge in [-0.2, -0.15) is 4.98 Å². The number of benzene rings is 3. The molecule has 1 atom stereocenters. The molecule has 176 valence electrons. The van der Waals surface area contributed by atoms with Crippen LogP contribution in [0.5, 0.6) is 5.75 Å². The molecule has 0 fully saturated rings. The molecular formula is C26H21Cl2N5O2. The molecular weight excluding hydrogens is 485 g/mol. The third kappa shape index (κ3) is 4.36. The lowest BCUT2D eigenvalue weighted by molar-refractivity contribution is -0.113. The first-order valence-electron chi connectivity index (χ1n) is 10.9. The number of anilines is 2. The van der Waals surface area contributed by atoms with Gasteiger partial charge < -0.3 is 15.4 Å². The molecule has 2 heterocycles. The zero-order valence-electron chi connectivity index (χ0n) is 18.9. The minimum atomic E-state index is -0.588. The van der Waals surface area contributed by atoms with Crippen molar-refractivity contribution in [1.82, 2.24) is 14.8 Å². The van der Waals surface area contributed by atoms with Crippen LogP contribution < -0.4 is 15.4 Å². The number of aromatic nitrogens is 3. The number of halogens is 2. The summed E-state index contributed by atoms with van der Waals surface area (Å²) in [6, 6.07) is 21.5. The summed E-state index contributed by atoms with van der Waals surface area (Å²) in [5, 5.41) is 11.9. The van der Waals surface area contributed by atoms with E-state index in [0.717, 1.165) is 5.56 Å². The summed E-state index contributed by atoms with van der Waals surface area (Å²) in [5.74, 6) is 1.32. The number of carbonyl (C=O) groups excluding carboxylic acids is 1. The first kappa shape index (κ1) is 23.0. The highest BCUT2D eigenvalue weighted by atomic mass is 35.5. The third-order valence-corrected chi connectivity index (χ3v) is 6.48. The van der Waals surface area contributed by atoms with Gasteiger partial charge in [0.25, 0.3) is 5.91 Å². The number of ether oxygens (including phenoxy) is 1. The van der Waals surface area contributed by atoms with E-state index in [2.05, 4.69) is 15.6 Å². The number of nitrogens with zero attached hydrogens (tertiary/aromatic N) is 3. The topological polar surface area (TPSA) is 81.1 Å². The molecule has 1 aliphatic rings. The normalized spacial score (nSPS) is 14.8. The smallest absolute Gasteiger partial charge is 0.255 e. The standard InChI is InChI=1S/C26H21Cl2N5O2/c1-15-22(25(34)30-17-8-4-3-5-9-17)23(18-10-6-7-11-21(18)35-2)33-26(29-15)31-24(32-33)16-12-13-19(27)20(28)14-16/h3-14,23H,1-2H3,(H,30,34)(H,29,31,32). The fourth-order valence-corrected chi connectivity index (χ4v) is 4.40. The van der Waals surface area contributed by atoms with E-state index in [4.69, 9.17) is 33.0 Å². The van der Waals surface area contributed by atoms with E-state index >= 15 is 0 Å². The van der Waals surface area contributed by atoms with Crippen molar-refractivity contribution in [3.05, 3.63) is 99.7 Å². The maximum absolute atomic E-state index is 13.6. The Balaban J connectivity index is 1.64. The number of allylic oxidation sites excluding steroid dienone is 1. The average molecular weight is 506 g/mol. The van der Waals surface area contributed by atoms with E-state index < -0.39 is 6.04 Å². The van der Waals surface area contributed by atoms with Crippen molar-refractivity contribution in [2.24, 2.45) is 0 Å². The van der Waals surface area contributed by atoms with Crippen molar-refractivity contribution >= 4 is 40.7 Å². The van der Waals surface area contributed by atoms with Crippen LogP contribution in [0.25, 0.3) is 11.4 Å². The minimum Gasteiger partial charge on any atom is -0.496 e. The molecule has 2 N–H and O–H groups in total. The maximum atomic E-state index is 13.6. The first-order chi connectivity index (χ1) is 17.0. The Hall–Kier alpha value is -3.81. The lowest BCUT2D eigenvalue weighted by atomic mass is 9.94. The molecule has 1 aliphatic heterocycles. The van der Waals surface area contributed by atoms with Gasteiger partial charge >= 0.3 is 0 Å². The van der Waals surface area contributed by atoms with E-state index in [9.17, 15) is 4.79 Å². The van der Waals surface area contributed by atoms with Crippen molar-refractivity contribution < 1.29 is 9.53 Å². The van der Waals surface area contributed by atoms with Crippen LogP contribution in [0.4, 0.5) is 11.6 Å². The Bertz CT molecular complexity index is 1450. The molecule has 0 bridgehead atoms. The quantitative estimate of drug-likeness (QED) is 0.338. The molecule has 0 saturated heterocycles. The predicted octanol–water partition coefficient (Wildman–Crippen LogP) is 6.19. The Kier molecular flexibility index (Phi) is 6.19. The summed E-state index contributed by atoms with van der Waals surface area (Å²) in [7, 11) is 1.60. The average Bonchev–Trinajstić information content (AvgIpc) is 3.29. The minimum absolute atomic E-state index is 0.255. The highest BCUT2D eigenvalue weighted by Crippen LogP contribution is 2.40. The van der Waals surface area contributed by atoms with Gasteiger partial charge in [0.1, 0.15) is 11.8 Å². The second-order valence-corrected chi connectivity index (χ2v) is 8.78. The molecule has 4 aromatic rings. The highest BCUT2D eigenvalue weighted by Gasteiger charge is 2.36. The van der Waals surface area contributed by atoms with Crippen LogP contribution in [0.3, 0.4) is 0 Å². The van der Waals surface area contributed by atoms with Crippen molar-refractivity contribution in [3.63, 3.8) is 0 Å². The van der Waals surface area contributed by atoms with Crippen molar-refractivity contribution in [2.75, 3.05) is 17.7 Å². The molecule has 3 aromatic carbocycles. The zero-order valence-corrected chi connectivity index (χ0v) is 20.4. The van der Waals surface area contributed by atoms with Crippen LogP contribution in [-0.4, -0.2) is 27.8 Å². The Labute approximate surface area is 212 Å². The van der Waals surface area contributed by atoms with E-state index in [1.807, 2.05) is 61.5 Å². The molecule has 1 unspecified atom stereocenters. The first-order valence-corrected chi connectivity index (χ1v) is 11.6. The summed E-state index contributed by atoms with van der Waals surface area (Å²) in [4.78, 5) is 18.3. The predicted molar refractivity (Wildman–Crippen MR) is 138 cm³/mol. The van der Waals surface area contributed by atoms with Crippen LogP contribution in [0, 0.1) is 0 Å². The van der Waals surface area contributed by atoms with Crippen LogP contribution in [0.1, 0.15) is 18.5 Å². The number of nitrogens with one attached hydrogen (secondary N) is 2. The van der Waals surface area contributed by atoms with E-state index in [0.29, 0.717) is 50.1 Å². The lowest BCUT2D eigenvalue weighted by Crippen LogP contribution is -2.31. The monoisotopic (exact) mass is 505 g/mol. The molecule has 0 saturated carbocycles. The summed E-state index contributed by atoms with van der Waals surface area (Å²) in [6.45, 7) is 1.85. The molecule has 0 radical (unpaired) electrons. The van der Waals surface area contributed by atoms with Gasteiger partial charge in [0.05, 0.1) is 22.7 Å². The van der Waals surface area contributed by atoms with Gasteiger partial charge in [-0.3, -0.25) is 4.79 Å². The fourth-order valence-electron chi connectivity index (χ4n) is 4.10. The van der Waals surface area contributed by atoms with Gasteiger partial charge in [0.2, 0.25) is 5.95 Å². The number of fused-ring (bicyclic) bond motifs is 1. The van der Waals surface area contributed by atoms with Gasteiger partial charge in [-0.25, -0.2) is 4.68 Å². The number of carbonyl (C=O) groups is 1. The van der Waals surface area contributed by atoms with Gasteiger partial charge in [-0.05, 0) is 43.3 Å². The van der Waals surface area contributed by atoms with Crippen LogP contribution in [-0.2, 0) is 4.79 Å². The van der Waals surface area contributed by atoms with Crippen LogP contribution >= 0.6 is 23.2 Å². The van der Waals surface area contributed by atoms with Crippen molar-refractivity contribution in [1.29, 1.82) is 0 Å². The number of hydrogen-bond acceptors (Lipinski definition) is 5.